The molecule has 1 aliphatic rings. The molecule has 4 nitrogen and oxygen atoms in total. The van der Waals surface area contributed by atoms with Crippen LogP contribution >= 0.6 is 0 Å². The molecular formula is C13H25NO3. The van der Waals surface area contributed by atoms with Crippen molar-refractivity contribution >= 4 is 5.97 Å². The summed E-state index contributed by atoms with van der Waals surface area (Å²) in [5.74, 6) is -0.626. The van der Waals surface area contributed by atoms with Crippen LogP contribution in [0.2, 0.25) is 0 Å². The van der Waals surface area contributed by atoms with Crippen molar-refractivity contribution in [3.8, 4) is 0 Å². The summed E-state index contributed by atoms with van der Waals surface area (Å²) < 4.78 is 0. The molecule has 0 spiro atoms. The van der Waals surface area contributed by atoms with Crippen LogP contribution in [0.25, 0.3) is 0 Å². The number of piperidine rings is 1. The predicted molar refractivity (Wildman–Crippen MR) is 66.8 cm³/mol. The van der Waals surface area contributed by atoms with Gasteiger partial charge in [-0.15, -0.1) is 0 Å². The maximum Gasteiger partial charge on any atom is 0.308 e. The number of carbonyl (C=O) groups is 1. The predicted octanol–water partition coefficient (Wildman–Crippen LogP) is 1.44. The van der Waals surface area contributed by atoms with Crippen LogP contribution in [0.15, 0.2) is 0 Å². The van der Waals surface area contributed by atoms with Crippen LogP contribution in [-0.4, -0.2) is 47.3 Å². The average Bonchev–Trinajstić information content (AvgIpc) is 2.24. The van der Waals surface area contributed by atoms with Crippen molar-refractivity contribution in [3.63, 3.8) is 0 Å². The van der Waals surface area contributed by atoms with Crippen molar-refractivity contribution in [3.05, 3.63) is 0 Å². The van der Waals surface area contributed by atoms with E-state index in [9.17, 15) is 9.90 Å². The van der Waals surface area contributed by atoms with E-state index in [4.69, 9.17) is 5.11 Å². The second-order valence-corrected chi connectivity index (χ2v) is 6.18. The number of aliphatic hydroxyl groups is 1. The maximum atomic E-state index is 11.3. The largest absolute Gasteiger partial charge is 0.481 e. The van der Waals surface area contributed by atoms with Gasteiger partial charge in [0, 0.05) is 13.2 Å². The third-order valence-electron chi connectivity index (χ3n) is 3.75. The normalized spacial score (nSPS) is 21.4. The first-order chi connectivity index (χ1) is 7.84. The fraction of sp³-hybridized carbons (Fsp3) is 0.923. The first-order valence-corrected chi connectivity index (χ1v) is 6.40. The highest BCUT2D eigenvalue weighted by molar-refractivity contribution is 5.71. The first kappa shape index (κ1) is 14.5. The zero-order chi connectivity index (χ0) is 13.1. The van der Waals surface area contributed by atoms with Gasteiger partial charge in [0.2, 0.25) is 0 Å². The summed E-state index contributed by atoms with van der Waals surface area (Å²) in [6.07, 6.45) is 1.96. The fourth-order valence-electron chi connectivity index (χ4n) is 2.33. The number of aliphatic hydroxyl groups excluding tert-OH is 1. The van der Waals surface area contributed by atoms with Crippen LogP contribution in [0, 0.1) is 17.3 Å². The van der Waals surface area contributed by atoms with Crippen molar-refractivity contribution in [1.29, 1.82) is 0 Å². The lowest BCUT2D eigenvalue weighted by Gasteiger charge is -2.36. The monoisotopic (exact) mass is 243 g/mol. The molecule has 1 saturated heterocycles. The Kier molecular flexibility index (Phi) is 4.95. The highest BCUT2D eigenvalue weighted by Crippen LogP contribution is 2.28. The van der Waals surface area contributed by atoms with E-state index in [1.807, 2.05) is 20.8 Å². The molecule has 2 N–H and O–H groups in total. The fourth-order valence-corrected chi connectivity index (χ4v) is 2.33. The Morgan fingerprint density at radius 1 is 1.35 bits per heavy atom. The second-order valence-electron chi connectivity index (χ2n) is 6.18. The van der Waals surface area contributed by atoms with Gasteiger partial charge < -0.3 is 15.1 Å². The zero-order valence-electron chi connectivity index (χ0n) is 11.1. The average molecular weight is 243 g/mol. The van der Waals surface area contributed by atoms with Crippen LogP contribution in [0.4, 0.5) is 0 Å². The van der Waals surface area contributed by atoms with Gasteiger partial charge in [0.25, 0.3) is 0 Å². The van der Waals surface area contributed by atoms with E-state index in [0.717, 1.165) is 25.9 Å². The highest BCUT2D eigenvalue weighted by atomic mass is 16.4. The number of rotatable bonds is 4. The van der Waals surface area contributed by atoms with Gasteiger partial charge in [-0.3, -0.25) is 4.79 Å². The Morgan fingerprint density at radius 3 is 2.24 bits per heavy atom. The lowest BCUT2D eigenvalue weighted by atomic mass is 9.80. The zero-order valence-corrected chi connectivity index (χ0v) is 11.1. The quantitative estimate of drug-likeness (QED) is 0.784. The summed E-state index contributed by atoms with van der Waals surface area (Å²) in [5.41, 5.74) is -0.209. The lowest BCUT2D eigenvalue weighted by Crippen LogP contribution is -2.43. The molecule has 0 amide bonds. The molecule has 1 fully saturated rings. The van der Waals surface area contributed by atoms with Gasteiger partial charge in [-0.05, 0) is 37.3 Å². The van der Waals surface area contributed by atoms with E-state index >= 15 is 0 Å². The van der Waals surface area contributed by atoms with Crippen LogP contribution < -0.4 is 0 Å². The Morgan fingerprint density at radius 2 is 1.88 bits per heavy atom. The van der Waals surface area contributed by atoms with Gasteiger partial charge in [-0.25, -0.2) is 0 Å². The van der Waals surface area contributed by atoms with Crippen molar-refractivity contribution < 1.29 is 15.0 Å². The second kappa shape index (κ2) is 5.83. The molecule has 0 saturated carbocycles. The van der Waals surface area contributed by atoms with Gasteiger partial charge in [0.15, 0.2) is 0 Å². The number of carboxylic acids is 1. The standard InChI is InChI=1S/C13H25NO3/c1-13(2,3)11(12(16)17)8-14-6-4-10(9-15)5-7-14/h10-11,15H,4-9H2,1-3H3,(H,16,17). The van der Waals surface area contributed by atoms with E-state index in [2.05, 4.69) is 4.90 Å². The van der Waals surface area contributed by atoms with Crippen molar-refractivity contribution in [2.45, 2.75) is 33.6 Å². The molecule has 0 bridgehead atoms. The van der Waals surface area contributed by atoms with Gasteiger partial charge >= 0.3 is 5.97 Å². The SMILES string of the molecule is CC(C)(C)C(CN1CCC(CO)CC1)C(=O)O. The van der Waals surface area contributed by atoms with Crippen LogP contribution in [0.1, 0.15) is 33.6 Å². The van der Waals surface area contributed by atoms with Gasteiger partial charge in [-0.1, -0.05) is 20.8 Å². The Balaban J connectivity index is 2.50. The molecular weight excluding hydrogens is 218 g/mol. The molecule has 0 aromatic heterocycles. The van der Waals surface area contributed by atoms with Crippen molar-refractivity contribution in [2.24, 2.45) is 17.3 Å². The molecule has 1 unspecified atom stereocenters. The van der Waals surface area contributed by atoms with Crippen LogP contribution in [0.3, 0.4) is 0 Å². The van der Waals surface area contributed by atoms with Gasteiger partial charge in [0.1, 0.15) is 0 Å². The minimum atomic E-state index is -0.707. The molecule has 1 rings (SSSR count). The molecule has 0 aliphatic carbocycles. The van der Waals surface area contributed by atoms with E-state index in [-0.39, 0.29) is 17.9 Å². The van der Waals surface area contributed by atoms with E-state index in [1.165, 1.54) is 0 Å². The van der Waals surface area contributed by atoms with Crippen LogP contribution in [0.5, 0.6) is 0 Å². The summed E-state index contributed by atoms with van der Waals surface area (Å²) in [6, 6.07) is 0. The summed E-state index contributed by atoms with van der Waals surface area (Å²) >= 11 is 0. The Hall–Kier alpha value is -0.610. The van der Waals surface area contributed by atoms with E-state index < -0.39 is 5.97 Å². The van der Waals surface area contributed by atoms with Crippen molar-refractivity contribution in [2.75, 3.05) is 26.2 Å². The lowest BCUT2D eigenvalue weighted by molar-refractivity contribution is -0.146. The first-order valence-electron chi connectivity index (χ1n) is 6.40. The smallest absolute Gasteiger partial charge is 0.308 e. The number of carboxylic acid groups (broad SMARTS) is 1. The number of hydrogen-bond donors (Lipinski definition) is 2. The van der Waals surface area contributed by atoms with Gasteiger partial charge in [-0.2, -0.15) is 0 Å². The molecule has 0 aromatic rings. The molecule has 1 aliphatic heterocycles. The van der Waals surface area contributed by atoms with E-state index in [1.54, 1.807) is 0 Å². The molecule has 0 aromatic carbocycles. The number of nitrogens with zero attached hydrogens (tertiary/aromatic N) is 1. The highest BCUT2D eigenvalue weighted by Gasteiger charge is 2.33. The minimum absolute atomic E-state index is 0.209. The van der Waals surface area contributed by atoms with Crippen LogP contribution in [-0.2, 0) is 4.79 Å². The molecule has 100 valence electrons. The van der Waals surface area contributed by atoms with E-state index in [0.29, 0.717) is 12.5 Å². The molecule has 0 radical (unpaired) electrons. The van der Waals surface area contributed by atoms with Gasteiger partial charge in [0.05, 0.1) is 5.92 Å². The Bertz CT molecular complexity index is 252. The molecule has 1 atom stereocenters. The summed E-state index contributed by atoms with van der Waals surface area (Å²) in [4.78, 5) is 13.5. The Labute approximate surface area is 104 Å². The molecule has 4 heteroatoms. The topological polar surface area (TPSA) is 60.8 Å². The minimum Gasteiger partial charge on any atom is -0.481 e. The molecule has 17 heavy (non-hydrogen) atoms. The maximum absolute atomic E-state index is 11.3. The summed E-state index contributed by atoms with van der Waals surface area (Å²) in [6.45, 7) is 8.63. The summed E-state index contributed by atoms with van der Waals surface area (Å²) in [7, 11) is 0. The number of likely N-dealkylation sites (tertiary alicyclic amines) is 1. The molecule has 1 heterocycles. The third-order valence-corrected chi connectivity index (χ3v) is 3.75. The number of hydrogen-bond acceptors (Lipinski definition) is 3. The van der Waals surface area contributed by atoms with Crippen molar-refractivity contribution in [1.82, 2.24) is 4.90 Å². The number of aliphatic carboxylic acids is 1. The summed E-state index contributed by atoms with van der Waals surface area (Å²) in [5, 5.41) is 18.3. The third kappa shape index (κ3) is 4.28.